The zero-order chi connectivity index (χ0) is 18.2. The fourth-order valence-electron chi connectivity index (χ4n) is 3.53. The molecule has 1 N–H and O–H groups in total. The van der Waals surface area contributed by atoms with Crippen LogP contribution in [0.15, 0.2) is 54.6 Å². The molecule has 1 amide bonds. The highest BCUT2D eigenvalue weighted by Crippen LogP contribution is 2.22. The Morgan fingerprint density at radius 3 is 2.50 bits per heavy atom. The third-order valence-electron chi connectivity index (χ3n) is 5.08. The molecule has 4 heteroatoms. The standard InChI is InChI=1S/C22H25N3O/c23-16-20-8-4-5-9-21(20)24-22(26)17-25-14-12-19(13-15-25)11-10-18-6-2-1-3-7-18/h1-9,19H,10-15,17H2,(H,24,26). The van der Waals surface area contributed by atoms with E-state index in [1.54, 1.807) is 18.2 Å². The number of nitrogens with one attached hydrogen (secondary N) is 1. The maximum absolute atomic E-state index is 12.3. The average Bonchev–Trinajstić information content (AvgIpc) is 2.68. The van der Waals surface area contributed by atoms with E-state index in [0.29, 0.717) is 17.8 Å². The van der Waals surface area contributed by atoms with Crippen LogP contribution in [-0.2, 0) is 11.2 Å². The summed E-state index contributed by atoms with van der Waals surface area (Å²) >= 11 is 0. The molecule has 0 unspecified atom stereocenters. The second-order valence-electron chi connectivity index (χ2n) is 6.95. The molecule has 0 aromatic heterocycles. The van der Waals surface area contributed by atoms with Crippen LogP contribution in [0.2, 0.25) is 0 Å². The van der Waals surface area contributed by atoms with Crippen molar-refractivity contribution in [1.29, 1.82) is 5.26 Å². The van der Waals surface area contributed by atoms with E-state index in [4.69, 9.17) is 5.26 Å². The summed E-state index contributed by atoms with van der Waals surface area (Å²) in [7, 11) is 0. The molecular weight excluding hydrogens is 322 g/mol. The van der Waals surface area contributed by atoms with Crippen molar-refractivity contribution in [3.63, 3.8) is 0 Å². The molecule has 1 saturated heterocycles. The fraction of sp³-hybridized carbons (Fsp3) is 0.364. The van der Waals surface area contributed by atoms with Gasteiger partial charge in [0.25, 0.3) is 0 Å². The number of hydrogen-bond acceptors (Lipinski definition) is 3. The van der Waals surface area contributed by atoms with Crippen molar-refractivity contribution in [2.24, 2.45) is 5.92 Å². The first-order chi connectivity index (χ1) is 12.7. The first-order valence-electron chi connectivity index (χ1n) is 9.30. The number of nitrogens with zero attached hydrogens (tertiary/aromatic N) is 2. The first-order valence-corrected chi connectivity index (χ1v) is 9.30. The highest BCUT2D eigenvalue weighted by Gasteiger charge is 2.21. The van der Waals surface area contributed by atoms with Crippen molar-refractivity contribution in [2.45, 2.75) is 25.7 Å². The van der Waals surface area contributed by atoms with Gasteiger partial charge in [-0.25, -0.2) is 0 Å². The summed E-state index contributed by atoms with van der Waals surface area (Å²) in [5.41, 5.74) is 2.50. The summed E-state index contributed by atoms with van der Waals surface area (Å²) < 4.78 is 0. The number of piperidine rings is 1. The van der Waals surface area contributed by atoms with Crippen molar-refractivity contribution in [3.05, 3.63) is 65.7 Å². The van der Waals surface area contributed by atoms with Crippen LogP contribution < -0.4 is 5.32 Å². The second-order valence-corrected chi connectivity index (χ2v) is 6.95. The molecular formula is C22H25N3O. The predicted molar refractivity (Wildman–Crippen MR) is 104 cm³/mol. The Morgan fingerprint density at radius 2 is 1.77 bits per heavy atom. The lowest BCUT2D eigenvalue weighted by Crippen LogP contribution is -2.39. The molecule has 134 valence electrons. The van der Waals surface area contributed by atoms with Crippen LogP contribution >= 0.6 is 0 Å². The van der Waals surface area contributed by atoms with Gasteiger partial charge < -0.3 is 5.32 Å². The lowest BCUT2D eigenvalue weighted by molar-refractivity contribution is -0.117. The molecule has 1 aliphatic rings. The molecule has 2 aromatic rings. The zero-order valence-corrected chi connectivity index (χ0v) is 15.0. The number of hydrogen-bond donors (Lipinski definition) is 1. The van der Waals surface area contributed by atoms with Crippen molar-refractivity contribution >= 4 is 11.6 Å². The van der Waals surface area contributed by atoms with Crippen molar-refractivity contribution < 1.29 is 4.79 Å². The minimum absolute atomic E-state index is 0.0459. The number of carbonyl (C=O) groups excluding carboxylic acids is 1. The molecule has 26 heavy (non-hydrogen) atoms. The van der Waals surface area contributed by atoms with Gasteiger partial charge in [-0.1, -0.05) is 42.5 Å². The van der Waals surface area contributed by atoms with Gasteiger partial charge in [0.05, 0.1) is 17.8 Å². The lowest BCUT2D eigenvalue weighted by atomic mass is 9.90. The zero-order valence-electron chi connectivity index (χ0n) is 15.0. The van der Waals surface area contributed by atoms with Gasteiger partial charge in [0.1, 0.15) is 6.07 Å². The number of para-hydroxylation sites is 1. The summed E-state index contributed by atoms with van der Waals surface area (Å²) in [6, 6.07) is 19.9. The van der Waals surface area contributed by atoms with Crippen LogP contribution in [0.4, 0.5) is 5.69 Å². The highest BCUT2D eigenvalue weighted by molar-refractivity contribution is 5.93. The van der Waals surface area contributed by atoms with Gasteiger partial charge >= 0.3 is 0 Å². The molecule has 0 spiro atoms. The molecule has 3 rings (SSSR count). The lowest BCUT2D eigenvalue weighted by Gasteiger charge is -2.31. The monoisotopic (exact) mass is 347 g/mol. The molecule has 0 aliphatic carbocycles. The molecule has 0 saturated carbocycles. The van der Waals surface area contributed by atoms with E-state index in [0.717, 1.165) is 38.3 Å². The van der Waals surface area contributed by atoms with Crippen molar-refractivity contribution in [1.82, 2.24) is 4.90 Å². The molecule has 0 radical (unpaired) electrons. The van der Waals surface area contributed by atoms with Crippen LogP contribution in [0.5, 0.6) is 0 Å². The van der Waals surface area contributed by atoms with E-state index in [-0.39, 0.29) is 5.91 Å². The molecule has 0 bridgehead atoms. The largest absolute Gasteiger partial charge is 0.324 e. The van der Waals surface area contributed by atoms with E-state index < -0.39 is 0 Å². The third-order valence-corrected chi connectivity index (χ3v) is 5.08. The Bertz CT molecular complexity index is 758. The molecule has 4 nitrogen and oxygen atoms in total. The van der Waals surface area contributed by atoms with Crippen molar-refractivity contribution in [2.75, 3.05) is 25.0 Å². The Balaban J connectivity index is 1.41. The summed E-state index contributed by atoms with van der Waals surface area (Å²) in [6.07, 6.45) is 4.65. The number of carbonyl (C=O) groups is 1. The Kier molecular flexibility index (Phi) is 6.40. The van der Waals surface area contributed by atoms with Gasteiger partial charge in [-0.15, -0.1) is 0 Å². The molecule has 0 atom stereocenters. The van der Waals surface area contributed by atoms with Crippen molar-refractivity contribution in [3.8, 4) is 6.07 Å². The second kappa shape index (κ2) is 9.17. The van der Waals surface area contributed by atoms with Gasteiger partial charge in [0, 0.05) is 0 Å². The van der Waals surface area contributed by atoms with Gasteiger partial charge in [-0.05, 0) is 62.4 Å². The smallest absolute Gasteiger partial charge is 0.238 e. The SMILES string of the molecule is N#Cc1ccccc1NC(=O)CN1CCC(CCc2ccccc2)CC1. The number of likely N-dealkylation sites (tertiary alicyclic amines) is 1. The number of nitriles is 1. The fourth-order valence-corrected chi connectivity index (χ4v) is 3.53. The van der Waals surface area contributed by atoms with E-state index >= 15 is 0 Å². The van der Waals surface area contributed by atoms with Crippen LogP contribution in [0.3, 0.4) is 0 Å². The van der Waals surface area contributed by atoms with Gasteiger partial charge in [-0.2, -0.15) is 5.26 Å². The highest BCUT2D eigenvalue weighted by atomic mass is 16.2. The minimum atomic E-state index is -0.0459. The third kappa shape index (κ3) is 5.18. The molecule has 1 fully saturated rings. The maximum Gasteiger partial charge on any atom is 0.238 e. The van der Waals surface area contributed by atoms with E-state index in [2.05, 4.69) is 46.6 Å². The Hall–Kier alpha value is -2.64. The molecule has 1 aliphatic heterocycles. The van der Waals surface area contributed by atoms with Crippen LogP contribution in [-0.4, -0.2) is 30.4 Å². The molecule has 1 heterocycles. The summed E-state index contributed by atoms with van der Waals surface area (Å²) in [4.78, 5) is 14.5. The Morgan fingerprint density at radius 1 is 1.08 bits per heavy atom. The normalized spacial score (nSPS) is 15.3. The number of benzene rings is 2. The van der Waals surface area contributed by atoms with E-state index in [1.807, 2.05) is 6.07 Å². The quantitative estimate of drug-likeness (QED) is 0.864. The Labute approximate surface area is 155 Å². The summed E-state index contributed by atoms with van der Waals surface area (Å²) in [5.74, 6) is 0.698. The van der Waals surface area contributed by atoms with Gasteiger partial charge in [0.2, 0.25) is 5.91 Å². The summed E-state index contributed by atoms with van der Waals surface area (Å²) in [5, 5.41) is 12.0. The minimum Gasteiger partial charge on any atom is -0.324 e. The predicted octanol–water partition coefficient (Wildman–Crippen LogP) is 3.84. The van der Waals surface area contributed by atoms with E-state index in [1.165, 1.54) is 12.0 Å². The number of rotatable bonds is 6. The van der Waals surface area contributed by atoms with Crippen LogP contribution in [0, 0.1) is 17.2 Å². The number of amides is 1. The number of aryl methyl sites for hydroxylation is 1. The van der Waals surface area contributed by atoms with Crippen LogP contribution in [0.1, 0.15) is 30.4 Å². The summed E-state index contributed by atoms with van der Waals surface area (Å²) in [6.45, 7) is 2.32. The maximum atomic E-state index is 12.3. The number of anilines is 1. The first kappa shape index (κ1) is 18.2. The van der Waals surface area contributed by atoms with E-state index in [9.17, 15) is 4.79 Å². The molecule has 2 aromatic carbocycles. The topological polar surface area (TPSA) is 56.1 Å². The average molecular weight is 347 g/mol. The van der Waals surface area contributed by atoms with Gasteiger partial charge in [0.15, 0.2) is 0 Å². The van der Waals surface area contributed by atoms with Crippen LogP contribution in [0.25, 0.3) is 0 Å². The van der Waals surface area contributed by atoms with Gasteiger partial charge in [-0.3, -0.25) is 9.69 Å².